The smallest absolute Gasteiger partial charge is 0.307 e. The third-order valence-electron chi connectivity index (χ3n) is 7.96. The van der Waals surface area contributed by atoms with E-state index in [9.17, 15) is 14.7 Å². The standard InChI is InChI=1S/C25H34N4O4/c1-2-3-4-5-20(30)33-14-29-7-6-18-22(19(23(26)31)13-27-24(18)29)28-21-16-8-15-9-17(21)12-25(32,10-15)11-16/h6-7,13,15-17,21,32H,2-5,8-12,14H2,1H3,(H2,26,31)(H,27,28). The number of primary amides is 1. The van der Waals surface area contributed by atoms with E-state index >= 15 is 0 Å². The van der Waals surface area contributed by atoms with Crippen molar-refractivity contribution in [1.29, 1.82) is 0 Å². The molecule has 178 valence electrons. The Hall–Kier alpha value is -2.61. The van der Waals surface area contributed by atoms with Crippen molar-refractivity contribution in [1.82, 2.24) is 9.55 Å². The van der Waals surface area contributed by atoms with Crippen molar-refractivity contribution in [2.45, 2.75) is 83.1 Å². The van der Waals surface area contributed by atoms with Crippen molar-refractivity contribution < 1.29 is 19.4 Å². The number of amides is 1. The highest BCUT2D eigenvalue weighted by molar-refractivity contribution is 6.06. The first-order valence-electron chi connectivity index (χ1n) is 12.3. The molecular weight excluding hydrogens is 420 g/mol. The number of carbonyl (C=O) groups excluding carboxylic acids is 2. The molecule has 4 saturated carbocycles. The molecular formula is C25H34N4O4. The van der Waals surface area contributed by atoms with Crippen LogP contribution in [-0.4, -0.2) is 38.2 Å². The predicted molar refractivity (Wildman–Crippen MR) is 124 cm³/mol. The molecule has 2 unspecified atom stereocenters. The van der Waals surface area contributed by atoms with Crippen LogP contribution < -0.4 is 11.1 Å². The SMILES string of the molecule is CCCCCC(=O)OCn1ccc2c(NC3C4CC5CC3CC(O)(C5)C4)c(C(N)=O)cnc21. The first-order valence-corrected chi connectivity index (χ1v) is 12.3. The van der Waals surface area contributed by atoms with Crippen LogP contribution in [0, 0.1) is 17.8 Å². The Balaban J connectivity index is 1.38. The highest BCUT2D eigenvalue weighted by Gasteiger charge is 2.54. The van der Waals surface area contributed by atoms with Gasteiger partial charge in [-0.1, -0.05) is 19.8 Å². The number of hydrogen-bond acceptors (Lipinski definition) is 6. The van der Waals surface area contributed by atoms with Crippen molar-refractivity contribution in [3.8, 4) is 0 Å². The van der Waals surface area contributed by atoms with Gasteiger partial charge in [-0.25, -0.2) is 4.98 Å². The number of nitrogens with two attached hydrogens (primary N) is 1. The number of aliphatic hydroxyl groups is 1. The Labute approximate surface area is 193 Å². The van der Waals surface area contributed by atoms with Gasteiger partial charge in [0.2, 0.25) is 0 Å². The molecule has 33 heavy (non-hydrogen) atoms. The third kappa shape index (κ3) is 4.21. The number of carbonyl (C=O) groups is 2. The second-order valence-corrected chi connectivity index (χ2v) is 10.4. The number of anilines is 1. The van der Waals surface area contributed by atoms with Gasteiger partial charge in [-0.3, -0.25) is 14.2 Å². The summed E-state index contributed by atoms with van der Waals surface area (Å²) in [6.45, 7) is 2.18. The predicted octanol–water partition coefficient (Wildman–Crippen LogP) is 3.57. The van der Waals surface area contributed by atoms with E-state index in [0.717, 1.165) is 56.8 Å². The van der Waals surface area contributed by atoms with Crippen molar-refractivity contribution in [3.05, 3.63) is 24.0 Å². The number of aromatic nitrogens is 2. The quantitative estimate of drug-likeness (QED) is 0.394. The van der Waals surface area contributed by atoms with Crippen LogP contribution in [0.2, 0.25) is 0 Å². The van der Waals surface area contributed by atoms with Crippen molar-refractivity contribution in [2.75, 3.05) is 5.32 Å². The molecule has 2 aromatic heterocycles. The number of fused-ring (bicyclic) bond motifs is 1. The van der Waals surface area contributed by atoms with Crippen LogP contribution in [0.1, 0.15) is 75.1 Å². The van der Waals surface area contributed by atoms with Gasteiger partial charge in [0.25, 0.3) is 5.91 Å². The Kier molecular flexibility index (Phi) is 5.80. The number of pyridine rings is 1. The lowest BCUT2D eigenvalue weighted by molar-refractivity contribution is -0.147. The molecule has 2 aromatic rings. The van der Waals surface area contributed by atoms with Crippen molar-refractivity contribution >= 4 is 28.6 Å². The van der Waals surface area contributed by atoms with Gasteiger partial charge in [0.1, 0.15) is 5.65 Å². The zero-order valence-electron chi connectivity index (χ0n) is 19.3. The third-order valence-corrected chi connectivity index (χ3v) is 7.96. The van der Waals surface area contributed by atoms with Crippen molar-refractivity contribution in [2.24, 2.45) is 23.5 Å². The van der Waals surface area contributed by atoms with Crippen LogP contribution >= 0.6 is 0 Å². The highest BCUT2D eigenvalue weighted by atomic mass is 16.5. The normalized spacial score (nSPS) is 30.0. The molecule has 0 aliphatic heterocycles. The van der Waals surface area contributed by atoms with Gasteiger partial charge in [0, 0.05) is 30.2 Å². The maximum Gasteiger partial charge on any atom is 0.307 e. The summed E-state index contributed by atoms with van der Waals surface area (Å²) in [5.41, 5.74) is 6.90. The van der Waals surface area contributed by atoms with Crippen molar-refractivity contribution in [3.63, 3.8) is 0 Å². The number of rotatable bonds is 9. The van der Waals surface area contributed by atoms with Gasteiger partial charge in [0.15, 0.2) is 6.73 Å². The van der Waals surface area contributed by atoms with Crippen LogP contribution in [0.15, 0.2) is 18.5 Å². The summed E-state index contributed by atoms with van der Waals surface area (Å²) >= 11 is 0. The average molecular weight is 455 g/mol. The van der Waals surface area contributed by atoms with Crippen LogP contribution in [-0.2, 0) is 16.3 Å². The van der Waals surface area contributed by atoms with Gasteiger partial charge in [0.05, 0.1) is 16.9 Å². The summed E-state index contributed by atoms with van der Waals surface area (Å²) in [6, 6.07) is 2.09. The molecule has 0 spiro atoms. The largest absolute Gasteiger partial charge is 0.444 e. The van der Waals surface area contributed by atoms with E-state index in [2.05, 4.69) is 17.2 Å². The van der Waals surface area contributed by atoms with E-state index in [1.807, 2.05) is 12.3 Å². The molecule has 0 saturated heterocycles. The minimum Gasteiger partial charge on any atom is -0.444 e. The fraction of sp³-hybridized carbons (Fsp3) is 0.640. The molecule has 8 heteroatoms. The fourth-order valence-electron chi connectivity index (χ4n) is 6.70. The Morgan fingerprint density at radius 1 is 1.27 bits per heavy atom. The van der Waals surface area contributed by atoms with E-state index in [1.54, 1.807) is 4.57 Å². The van der Waals surface area contributed by atoms with Gasteiger partial charge in [-0.2, -0.15) is 0 Å². The fourth-order valence-corrected chi connectivity index (χ4v) is 6.70. The molecule has 4 bridgehead atoms. The maximum absolute atomic E-state index is 12.2. The number of hydrogen-bond donors (Lipinski definition) is 3. The van der Waals surface area contributed by atoms with E-state index in [4.69, 9.17) is 10.5 Å². The molecule has 0 aromatic carbocycles. The Morgan fingerprint density at radius 2 is 2.03 bits per heavy atom. The van der Waals surface area contributed by atoms with E-state index in [0.29, 0.717) is 41.1 Å². The van der Waals surface area contributed by atoms with Gasteiger partial charge >= 0.3 is 5.97 Å². The molecule has 1 amide bonds. The number of ether oxygens (including phenoxy) is 1. The molecule has 2 atom stereocenters. The van der Waals surface area contributed by atoms with Gasteiger partial charge in [-0.05, 0) is 62.3 Å². The van der Waals surface area contributed by atoms with Crippen LogP contribution in [0.4, 0.5) is 5.69 Å². The molecule has 6 rings (SSSR count). The minimum atomic E-state index is -0.524. The summed E-state index contributed by atoms with van der Waals surface area (Å²) in [5, 5.41) is 15.4. The molecule has 4 aliphatic rings. The first-order chi connectivity index (χ1) is 15.9. The first kappa shape index (κ1) is 22.2. The lowest BCUT2D eigenvalue weighted by Gasteiger charge is -2.58. The zero-order valence-corrected chi connectivity index (χ0v) is 19.3. The maximum atomic E-state index is 12.2. The monoisotopic (exact) mass is 454 g/mol. The van der Waals surface area contributed by atoms with Crippen LogP contribution in [0.5, 0.6) is 0 Å². The number of unbranched alkanes of at least 4 members (excludes halogenated alkanes) is 2. The highest BCUT2D eigenvalue weighted by Crippen LogP contribution is 2.56. The van der Waals surface area contributed by atoms with Gasteiger partial charge < -0.3 is 20.9 Å². The zero-order chi connectivity index (χ0) is 23.2. The lowest BCUT2D eigenvalue weighted by atomic mass is 9.52. The second kappa shape index (κ2) is 8.63. The summed E-state index contributed by atoms with van der Waals surface area (Å²) in [6.07, 6.45) is 11.4. The number of nitrogens with zero attached hydrogens (tertiary/aromatic N) is 2. The van der Waals surface area contributed by atoms with E-state index in [1.165, 1.54) is 6.20 Å². The molecule has 4 fully saturated rings. The molecule has 0 radical (unpaired) electrons. The van der Waals surface area contributed by atoms with E-state index < -0.39 is 11.5 Å². The van der Waals surface area contributed by atoms with E-state index in [-0.39, 0.29) is 18.7 Å². The van der Waals surface area contributed by atoms with Crippen LogP contribution in [0.3, 0.4) is 0 Å². The second-order valence-electron chi connectivity index (χ2n) is 10.4. The molecule has 8 nitrogen and oxygen atoms in total. The van der Waals surface area contributed by atoms with Crippen LogP contribution in [0.25, 0.3) is 11.0 Å². The Bertz CT molecular complexity index is 1050. The molecule has 4 aliphatic carbocycles. The Morgan fingerprint density at radius 3 is 2.70 bits per heavy atom. The minimum absolute atomic E-state index is 0.0835. The molecule has 2 heterocycles. The number of esters is 1. The number of nitrogens with one attached hydrogen (secondary N) is 1. The summed E-state index contributed by atoms with van der Waals surface area (Å²) < 4.78 is 7.22. The summed E-state index contributed by atoms with van der Waals surface area (Å²) in [5.74, 6) is 0.632. The summed E-state index contributed by atoms with van der Waals surface area (Å²) in [7, 11) is 0. The summed E-state index contributed by atoms with van der Waals surface area (Å²) in [4.78, 5) is 28.7. The molecule has 4 N–H and O–H groups in total. The van der Waals surface area contributed by atoms with Gasteiger partial charge in [-0.15, -0.1) is 0 Å². The topological polar surface area (TPSA) is 119 Å². The average Bonchev–Trinajstić information content (AvgIpc) is 3.17. The lowest BCUT2D eigenvalue weighted by Crippen LogP contribution is -2.59.